The van der Waals surface area contributed by atoms with Crippen LogP contribution >= 0.6 is 0 Å². The Labute approximate surface area is 185 Å². The molecule has 2 aromatic carbocycles. The van der Waals surface area contributed by atoms with E-state index >= 15 is 0 Å². The molecule has 0 unspecified atom stereocenters. The second kappa shape index (κ2) is 9.36. The largest absolute Gasteiger partial charge is 0.492 e. The first-order chi connectivity index (χ1) is 15.5. The molecule has 0 radical (unpaired) electrons. The number of carbonyl (C=O) groups is 1. The fourth-order valence-electron chi connectivity index (χ4n) is 3.28. The van der Waals surface area contributed by atoms with Crippen molar-refractivity contribution in [2.24, 2.45) is 18.5 Å². The fourth-order valence-corrected chi connectivity index (χ4v) is 3.28. The van der Waals surface area contributed by atoms with Gasteiger partial charge >= 0.3 is 0 Å². The molecule has 9 heteroatoms. The van der Waals surface area contributed by atoms with Crippen LogP contribution in [0, 0.1) is 0 Å². The molecule has 6 N–H and O–H groups in total. The first kappa shape index (κ1) is 21.1. The predicted molar refractivity (Wildman–Crippen MR) is 125 cm³/mol. The summed E-state index contributed by atoms with van der Waals surface area (Å²) in [6, 6.07) is 17.0. The number of nitrogens with two attached hydrogens (primary N) is 2. The van der Waals surface area contributed by atoms with Gasteiger partial charge < -0.3 is 31.4 Å². The molecule has 0 aliphatic heterocycles. The molecular formula is C23H25N7O2. The lowest BCUT2D eigenvalue weighted by Gasteiger charge is -2.15. The van der Waals surface area contributed by atoms with E-state index in [1.54, 1.807) is 0 Å². The normalized spacial score (nSPS) is 11.8. The lowest BCUT2D eigenvalue weighted by Crippen LogP contribution is -2.35. The SMILES string of the molecule is Cn1ccc2c(Nc3nc(NC[C@@H](N)COc4ccccc4)ncc3C(N)=O)cccc21. The van der Waals surface area contributed by atoms with Gasteiger partial charge in [0.25, 0.3) is 5.91 Å². The summed E-state index contributed by atoms with van der Waals surface area (Å²) in [5.74, 6) is 0.784. The molecular weight excluding hydrogens is 406 g/mol. The number of aromatic nitrogens is 3. The molecule has 0 saturated carbocycles. The van der Waals surface area contributed by atoms with Crippen LogP contribution in [0.2, 0.25) is 0 Å². The van der Waals surface area contributed by atoms with Gasteiger partial charge in [-0.2, -0.15) is 4.98 Å². The summed E-state index contributed by atoms with van der Waals surface area (Å²) in [5.41, 5.74) is 13.7. The van der Waals surface area contributed by atoms with Crippen molar-refractivity contribution in [2.45, 2.75) is 6.04 Å². The van der Waals surface area contributed by atoms with E-state index in [2.05, 4.69) is 20.6 Å². The number of hydrogen-bond acceptors (Lipinski definition) is 7. The number of hydrogen-bond donors (Lipinski definition) is 4. The molecule has 0 aliphatic rings. The predicted octanol–water partition coefficient (Wildman–Crippen LogP) is 2.63. The third kappa shape index (κ3) is 4.79. The number of anilines is 3. The summed E-state index contributed by atoms with van der Waals surface area (Å²) in [6.45, 7) is 0.716. The highest BCUT2D eigenvalue weighted by atomic mass is 16.5. The van der Waals surface area contributed by atoms with Crippen LogP contribution < -0.4 is 26.8 Å². The molecule has 2 aromatic heterocycles. The Bertz CT molecular complexity index is 1220. The minimum Gasteiger partial charge on any atom is -0.492 e. The summed E-state index contributed by atoms with van der Waals surface area (Å²) in [5, 5.41) is 7.31. The van der Waals surface area contributed by atoms with Crippen LogP contribution in [0.4, 0.5) is 17.5 Å². The second-order valence-electron chi connectivity index (χ2n) is 7.38. The first-order valence-corrected chi connectivity index (χ1v) is 10.2. The van der Waals surface area contributed by atoms with Crippen molar-refractivity contribution in [2.75, 3.05) is 23.8 Å². The Morgan fingerprint density at radius 2 is 1.97 bits per heavy atom. The topological polar surface area (TPSA) is 133 Å². The summed E-state index contributed by atoms with van der Waals surface area (Å²) in [7, 11) is 1.97. The molecule has 0 aliphatic carbocycles. The molecule has 0 spiro atoms. The molecule has 1 atom stereocenters. The average Bonchev–Trinajstić information content (AvgIpc) is 3.19. The van der Waals surface area contributed by atoms with Crippen LogP contribution in [-0.2, 0) is 7.05 Å². The van der Waals surface area contributed by atoms with E-state index in [-0.39, 0.29) is 11.6 Å². The number of fused-ring (bicyclic) bond motifs is 1. The van der Waals surface area contributed by atoms with Gasteiger partial charge in [0, 0.05) is 42.6 Å². The van der Waals surface area contributed by atoms with Crippen molar-refractivity contribution in [1.82, 2.24) is 14.5 Å². The lowest BCUT2D eigenvalue weighted by molar-refractivity contribution is 0.100. The maximum absolute atomic E-state index is 11.9. The van der Waals surface area contributed by atoms with E-state index in [9.17, 15) is 4.79 Å². The zero-order chi connectivity index (χ0) is 22.5. The van der Waals surface area contributed by atoms with Crippen molar-refractivity contribution in [3.8, 4) is 5.75 Å². The van der Waals surface area contributed by atoms with Crippen LogP contribution in [0.1, 0.15) is 10.4 Å². The van der Waals surface area contributed by atoms with Gasteiger partial charge in [0.05, 0.1) is 6.04 Å². The van der Waals surface area contributed by atoms with Gasteiger partial charge in [-0.15, -0.1) is 0 Å². The van der Waals surface area contributed by atoms with E-state index in [0.717, 1.165) is 22.3 Å². The molecule has 4 aromatic rings. The van der Waals surface area contributed by atoms with Crippen molar-refractivity contribution in [3.63, 3.8) is 0 Å². The third-order valence-electron chi connectivity index (χ3n) is 4.96. The quantitative estimate of drug-likeness (QED) is 0.320. The molecule has 2 heterocycles. The second-order valence-corrected chi connectivity index (χ2v) is 7.38. The number of benzene rings is 2. The Kier molecular flexibility index (Phi) is 6.18. The number of primary amides is 1. The number of nitrogens with zero attached hydrogens (tertiary/aromatic N) is 3. The van der Waals surface area contributed by atoms with E-state index in [0.29, 0.717) is 24.9 Å². The number of amides is 1. The Morgan fingerprint density at radius 1 is 1.16 bits per heavy atom. The van der Waals surface area contributed by atoms with Crippen molar-refractivity contribution < 1.29 is 9.53 Å². The Hall–Kier alpha value is -4.11. The molecule has 164 valence electrons. The highest BCUT2D eigenvalue weighted by Crippen LogP contribution is 2.28. The Balaban J connectivity index is 1.47. The maximum Gasteiger partial charge on any atom is 0.254 e. The van der Waals surface area contributed by atoms with Gasteiger partial charge in [0.1, 0.15) is 23.7 Å². The summed E-state index contributed by atoms with van der Waals surface area (Å²) in [4.78, 5) is 20.6. The van der Waals surface area contributed by atoms with E-state index in [4.69, 9.17) is 16.2 Å². The highest BCUT2D eigenvalue weighted by Gasteiger charge is 2.15. The number of aryl methyl sites for hydroxylation is 1. The van der Waals surface area contributed by atoms with Crippen LogP contribution in [0.5, 0.6) is 5.75 Å². The van der Waals surface area contributed by atoms with Crippen molar-refractivity contribution in [3.05, 3.63) is 72.6 Å². The minimum atomic E-state index is -0.618. The van der Waals surface area contributed by atoms with E-state index in [1.165, 1.54) is 6.20 Å². The Morgan fingerprint density at radius 3 is 2.75 bits per heavy atom. The number of nitrogens with one attached hydrogen (secondary N) is 2. The van der Waals surface area contributed by atoms with Gasteiger partial charge in [-0.05, 0) is 30.3 Å². The summed E-state index contributed by atoms with van der Waals surface area (Å²) in [6.07, 6.45) is 3.37. The minimum absolute atomic E-state index is 0.195. The van der Waals surface area contributed by atoms with Gasteiger partial charge in [-0.3, -0.25) is 4.79 Å². The molecule has 9 nitrogen and oxygen atoms in total. The maximum atomic E-state index is 11.9. The first-order valence-electron chi connectivity index (χ1n) is 10.2. The number of rotatable bonds is 9. The van der Waals surface area contributed by atoms with Crippen molar-refractivity contribution in [1.29, 1.82) is 0 Å². The van der Waals surface area contributed by atoms with Crippen LogP contribution in [0.25, 0.3) is 10.9 Å². The molecule has 0 saturated heterocycles. The summed E-state index contributed by atoms with van der Waals surface area (Å²) < 4.78 is 7.69. The van der Waals surface area contributed by atoms with Crippen molar-refractivity contribution >= 4 is 34.3 Å². The number of carbonyl (C=O) groups excluding carboxylic acids is 1. The van der Waals surface area contributed by atoms with Gasteiger partial charge in [-0.1, -0.05) is 24.3 Å². The lowest BCUT2D eigenvalue weighted by atomic mass is 10.2. The standard InChI is InChI=1S/C23H25N7O2/c1-30-11-10-17-19(8-5-9-20(17)30)28-22-18(21(25)31)13-27-23(29-22)26-12-15(24)14-32-16-6-3-2-4-7-16/h2-11,13,15H,12,14,24H2,1H3,(H2,25,31)(H2,26,27,28,29)/t15-/m1/s1. The van der Waals surface area contributed by atoms with Crippen LogP contribution in [-0.4, -0.2) is 39.6 Å². The van der Waals surface area contributed by atoms with Gasteiger partial charge in [0.2, 0.25) is 5.95 Å². The average molecular weight is 432 g/mol. The smallest absolute Gasteiger partial charge is 0.254 e. The fraction of sp³-hybridized carbons (Fsp3) is 0.174. The zero-order valence-electron chi connectivity index (χ0n) is 17.7. The molecule has 0 bridgehead atoms. The highest BCUT2D eigenvalue weighted by molar-refractivity contribution is 6.00. The molecule has 1 amide bonds. The monoisotopic (exact) mass is 431 g/mol. The molecule has 0 fully saturated rings. The number of para-hydroxylation sites is 1. The van der Waals surface area contributed by atoms with Crippen LogP contribution in [0.3, 0.4) is 0 Å². The third-order valence-corrected chi connectivity index (χ3v) is 4.96. The van der Waals surface area contributed by atoms with Gasteiger partial charge in [0.15, 0.2) is 0 Å². The molecule has 4 rings (SSSR count). The van der Waals surface area contributed by atoms with E-state index < -0.39 is 5.91 Å². The van der Waals surface area contributed by atoms with Crippen LogP contribution in [0.15, 0.2) is 67.0 Å². The summed E-state index contributed by atoms with van der Waals surface area (Å²) >= 11 is 0. The number of ether oxygens (including phenoxy) is 1. The molecule has 32 heavy (non-hydrogen) atoms. The van der Waals surface area contributed by atoms with E-state index in [1.807, 2.05) is 72.4 Å². The van der Waals surface area contributed by atoms with Gasteiger partial charge in [-0.25, -0.2) is 4.98 Å². The zero-order valence-corrected chi connectivity index (χ0v) is 17.7.